The standard InChI is InChI=1S/C16H22BF2NO3/c1-10-8-11(17-22-15(2,3)16(4,5)23-17)6-7-12(10)14(21)20-9-13(18)19/h6-8,13H,9H2,1-5H3,(H,20,21). The number of alkyl halides is 2. The van der Waals surface area contributed by atoms with Gasteiger partial charge in [0.15, 0.2) is 0 Å². The summed E-state index contributed by atoms with van der Waals surface area (Å²) in [5.74, 6) is -0.511. The molecule has 0 saturated carbocycles. The van der Waals surface area contributed by atoms with E-state index in [0.29, 0.717) is 11.1 Å². The van der Waals surface area contributed by atoms with E-state index in [1.807, 2.05) is 27.7 Å². The molecule has 2 rings (SSSR count). The fourth-order valence-corrected chi connectivity index (χ4v) is 2.33. The first kappa shape index (κ1) is 17.9. The SMILES string of the molecule is Cc1cc(B2OC(C)(C)C(C)(C)O2)ccc1C(=O)NCC(F)F. The first-order valence-electron chi connectivity index (χ1n) is 7.56. The predicted octanol–water partition coefficient (Wildman–Crippen LogP) is 2.29. The smallest absolute Gasteiger partial charge is 0.399 e. The van der Waals surface area contributed by atoms with E-state index in [2.05, 4.69) is 5.32 Å². The molecule has 1 heterocycles. The monoisotopic (exact) mass is 325 g/mol. The highest BCUT2D eigenvalue weighted by molar-refractivity contribution is 6.62. The lowest BCUT2D eigenvalue weighted by atomic mass is 9.78. The number of nitrogens with one attached hydrogen (secondary N) is 1. The molecule has 1 aliphatic heterocycles. The van der Waals surface area contributed by atoms with Gasteiger partial charge in [0.2, 0.25) is 0 Å². The van der Waals surface area contributed by atoms with E-state index >= 15 is 0 Å². The molecule has 23 heavy (non-hydrogen) atoms. The van der Waals surface area contributed by atoms with Crippen LogP contribution in [-0.4, -0.2) is 37.2 Å². The second-order valence-corrected chi connectivity index (χ2v) is 6.76. The topological polar surface area (TPSA) is 47.6 Å². The average Bonchev–Trinajstić information content (AvgIpc) is 2.64. The van der Waals surface area contributed by atoms with Crippen molar-refractivity contribution in [2.75, 3.05) is 6.54 Å². The summed E-state index contributed by atoms with van der Waals surface area (Å²) in [6, 6.07) is 5.13. The number of aryl methyl sites for hydroxylation is 1. The summed E-state index contributed by atoms with van der Waals surface area (Å²) in [6.07, 6.45) is -2.57. The summed E-state index contributed by atoms with van der Waals surface area (Å²) < 4.78 is 36.3. The molecule has 7 heteroatoms. The van der Waals surface area contributed by atoms with E-state index in [0.717, 1.165) is 5.46 Å². The molecule has 126 valence electrons. The molecule has 0 aliphatic carbocycles. The van der Waals surface area contributed by atoms with E-state index in [9.17, 15) is 13.6 Å². The van der Waals surface area contributed by atoms with E-state index in [1.165, 1.54) is 0 Å². The Labute approximate surface area is 135 Å². The Morgan fingerprint density at radius 2 is 1.78 bits per heavy atom. The van der Waals surface area contributed by atoms with Gasteiger partial charge in [-0.15, -0.1) is 0 Å². The summed E-state index contributed by atoms with van der Waals surface area (Å²) in [4.78, 5) is 11.9. The maximum Gasteiger partial charge on any atom is 0.494 e. The van der Waals surface area contributed by atoms with Crippen LogP contribution in [0, 0.1) is 6.92 Å². The van der Waals surface area contributed by atoms with Gasteiger partial charge in [0.05, 0.1) is 17.7 Å². The lowest BCUT2D eigenvalue weighted by Crippen LogP contribution is -2.41. The molecular weight excluding hydrogens is 303 g/mol. The van der Waals surface area contributed by atoms with Crippen molar-refractivity contribution in [2.24, 2.45) is 0 Å². The van der Waals surface area contributed by atoms with Gasteiger partial charge >= 0.3 is 7.12 Å². The highest BCUT2D eigenvalue weighted by Crippen LogP contribution is 2.36. The second kappa shape index (κ2) is 6.21. The van der Waals surface area contributed by atoms with Crippen LogP contribution >= 0.6 is 0 Å². The van der Waals surface area contributed by atoms with Crippen molar-refractivity contribution in [1.29, 1.82) is 0 Å². The van der Waals surface area contributed by atoms with Gasteiger partial charge in [-0.25, -0.2) is 8.78 Å². The number of hydrogen-bond donors (Lipinski definition) is 1. The second-order valence-electron chi connectivity index (χ2n) is 6.76. The minimum Gasteiger partial charge on any atom is -0.399 e. The maximum atomic E-state index is 12.2. The Balaban J connectivity index is 2.16. The Hall–Kier alpha value is -1.47. The van der Waals surface area contributed by atoms with Gasteiger partial charge in [-0.3, -0.25) is 4.79 Å². The molecule has 1 aliphatic rings. The Morgan fingerprint density at radius 1 is 1.22 bits per heavy atom. The minimum absolute atomic E-state index is 0.367. The number of rotatable bonds is 4. The molecule has 0 atom stereocenters. The minimum atomic E-state index is -2.57. The van der Waals surface area contributed by atoms with Gasteiger partial charge in [0.1, 0.15) is 0 Å². The van der Waals surface area contributed by atoms with Crippen molar-refractivity contribution in [3.05, 3.63) is 29.3 Å². The molecule has 1 fully saturated rings. The first-order valence-corrected chi connectivity index (χ1v) is 7.56. The van der Waals surface area contributed by atoms with E-state index in [-0.39, 0.29) is 0 Å². The number of carbonyl (C=O) groups excluding carboxylic acids is 1. The van der Waals surface area contributed by atoms with Crippen LogP contribution < -0.4 is 10.8 Å². The van der Waals surface area contributed by atoms with Gasteiger partial charge in [0.25, 0.3) is 12.3 Å². The Bertz CT molecular complexity index is 589. The van der Waals surface area contributed by atoms with E-state index in [4.69, 9.17) is 9.31 Å². The number of benzene rings is 1. The fourth-order valence-electron chi connectivity index (χ4n) is 2.33. The van der Waals surface area contributed by atoms with Crippen LogP contribution in [0.2, 0.25) is 0 Å². The predicted molar refractivity (Wildman–Crippen MR) is 85.2 cm³/mol. The number of amides is 1. The number of carbonyl (C=O) groups is 1. The van der Waals surface area contributed by atoms with E-state index in [1.54, 1.807) is 25.1 Å². The highest BCUT2D eigenvalue weighted by atomic mass is 19.3. The third-order valence-electron chi connectivity index (χ3n) is 4.44. The van der Waals surface area contributed by atoms with Crippen LogP contribution in [0.5, 0.6) is 0 Å². The van der Waals surface area contributed by atoms with E-state index < -0.39 is 37.2 Å². The molecule has 1 aromatic carbocycles. The zero-order valence-corrected chi connectivity index (χ0v) is 14.1. The number of halogens is 2. The van der Waals surface area contributed by atoms with Gasteiger partial charge < -0.3 is 14.6 Å². The lowest BCUT2D eigenvalue weighted by molar-refractivity contribution is 0.00578. The van der Waals surface area contributed by atoms with Gasteiger partial charge in [-0.1, -0.05) is 12.1 Å². The summed E-state index contributed by atoms with van der Waals surface area (Å²) >= 11 is 0. The number of hydrogen-bond acceptors (Lipinski definition) is 3. The van der Waals surface area contributed by atoms with Crippen molar-refractivity contribution in [1.82, 2.24) is 5.32 Å². The van der Waals surface area contributed by atoms with Crippen LogP contribution in [0.4, 0.5) is 8.78 Å². The molecule has 1 saturated heterocycles. The molecule has 0 aromatic heterocycles. The Morgan fingerprint density at radius 3 is 2.26 bits per heavy atom. The van der Waals surface area contributed by atoms with Crippen LogP contribution in [0.1, 0.15) is 43.6 Å². The van der Waals surface area contributed by atoms with Crippen LogP contribution in [0.3, 0.4) is 0 Å². The van der Waals surface area contributed by atoms with Crippen LogP contribution in [0.15, 0.2) is 18.2 Å². The first-order chi connectivity index (χ1) is 10.5. The van der Waals surface area contributed by atoms with Crippen LogP contribution in [0.25, 0.3) is 0 Å². The van der Waals surface area contributed by atoms with Gasteiger partial charge in [-0.05, 0) is 51.7 Å². The largest absolute Gasteiger partial charge is 0.494 e. The maximum absolute atomic E-state index is 12.2. The van der Waals surface area contributed by atoms with Gasteiger partial charge in [0, 0.05) is 5.56 Å². The molecule has 0 bridgehead atoms. The molecule has 1 amide bonds. The van der Waals surface area contributed by atoms with Crippen LogP contribution in [-0.2, 0) is 9.31 Å². The molecule has 0 unspecified atom stereocenters. The van der Waals surface area contributed by atoms with Crippen molar-refractivity contribution in [2.45, 2.75) is 52.2 Å². The van der Waals surface area contributed by atoms with Crippen molar-refractivity contribution in [3.8, 4) is 0 Å². The zero-order valence-electron chi connectivity index (χ0n) is 14.1. The quantitative estimate of drug-likeness (QED) is 0.864. The third kappa shape index (κ3) is 3.72. The van der Waals surface area contributed by atoms with Crippen molar-refractivity contribution in [3.63, 3.8) is 0 Å². The lowest BCUT2D eigenvalue weighted by Gasteiger charge is -2.32. The normalized spacial score (nSPS) is 19.2. The summed E-state index contributed by atoms with van der Waals surface area (Å²) in [5.41, 5.74) is 0.957. The average molecular weight is 325 g/mol. The summed E-state index contributed by atoms with van der Waals surface area (Å²) in [5, 5.41) is 2.20. The fraction of sp³-hybridized carbons (Fsp3) is 0.562. The molecule has 4 nitrogen and oxygen atoms in total. The summed E-state index contributed by atoms with van der Waals surface area (Å²) in [7, 11) is -0.517. The molecular formula is C16H22BF2NO3. The van der Waals surface area contributed by atoms with Crippen molar-refractivity contribution >= 4 is 18.5 Å². The summed E-state index contributed by atoms with van der Waals surface area (Å²) in [6.45, 7) is 8.96. The van der Waals surface area contributed by atoms with Gasteiger partial charge in [-0.2, -0.15) is 0 Å². The molecule has 0 spiro atoms. The zero-order chi connectivity index (χ0) is 17.4. The molecule has 1 aromatic rings. The molecule has 0 radical (unpaired) electrons. The third-order valence-corrected chi connectivity index (χ3v) is 4.44. The van der Waals surface area contributed by atoms with Crippen molar-refractivity contribution < 1.29 is 22.9 Å². The Kier molecular flexibility index (Phi) is 4.82. The molecule has 1 N–H and O–H groups in total. The highest BCUT2D eigenvalue weighted by Gasteiger charge is 2.51.